The highest BCUT2D eigenvalue weighted by molar-refractivity contribution is 7.89. The molecule has 3 N–H and O–H groups in total. The minimum atomic E-state index is -3.91. The Hall–Kier alpha value is -1.83. The lowest BCUT2D eigenvalue weighted by Gasteiger charge is -2.38. The molecule has 0 bridgehead atoms. The molecule has 0 radical (unpaired) electrons. The van der Waals surface area contributed by atoms with E-state index in [1.807, 2.05) is 13.8 Å². The van der Waals surface area contributed by atoms with Crippen LogP contribution in [0.4, 0.5) is 10.1 Å². The fourth-order valence-corrected chi connectivity index (χ4v) is 4.56. The lowest BCUT2D eigenvalue weighted by atomic mass is 9.90. The average Bonchev–Trinajstić information content (AvgIpc) is 2.49. The van der Waals surface area contributed by atoms with Crippen molar-refractivity contribution in [3.05, 3.63) is 53.3 Å². The number of nitrogen functional groups attached to an aromatic ring is 1. The van der Waals surface area contributed by atoms with Gasteiger partial charge in [-0.1, -0.05) is 6.07 Å². The monoisotopic (exact) mass is 400 g/mol. The van der Waals surface area contributed by atoms with E-state index in [1.54, 1.807) is 25.1 Å². The van der Waals surface area contributed by atoms with Gasteiger partial charge in [0.05, 0.1) is 10.9 Å². The Morgan fingerprint density at radius 1 is 1.23 bits per heavy atom. The maximum atomic E-state index is 13.5. The van der Waals surface area contributed by atoms with Crippen molar-refractivity contribution >= 4 is 28.1 Å². The molecule has 142 valence electrons. The molecule has 2 aromatic rings. The van der Waals surface area contributed by atoms with Gasteiger partial charge in [0.25, 0.3) is 0 Å². The maximum Gasteiger partial charge on any atom is 0.241 e. The number of hydrogen-bond donors (Lipinski definition) is 2. The van der Waals surface area contributed by atoms with Gasteiger partial charge in [-0.25, -0.2) is 17.5 Å². The van der Waals surface area contributed by atoms with Gasteiger partial charge >= 0.3 is 0 Å². The number of benzene rings is 2. The van der Waals surface area contributed by atoms with Crippen molar-refractivity contribution in [1.82, 2.24) is 4.72 Å². The van der Waals surface area contributed by atoms with E-state index in [-0.39, 0.29) is 17.3 Å². The van der Waals surface area contributed by atoms with Crippen LogP contribution in [-0.4, -0.2) is 14.0 Å². The standard InChI is InChI=1S/C18H21FN2O3S.ClH/c1-11-4-5-12(19)8-17(11)25(22,23)21-15-10-18(2,3)24-16-7-6-13(20)9-14(15)16;/h4-9,15,21H,10,20H2,1-3H3;1H. The van der Waals surface area contributed by atoms with Crippen LogP contribution in [0.1, 0.15) is 37.4 Å². The molecule has 0 saturated heterocycles. The lowest BCUT2D eigenvalue weighted by Crippen LogP contribution is -2.41. The van der Waals surface area contributed by atoms with Gasteiger partial charge in [-0.3, -0.25) is 0 Å². The van der Waals surface area contributed by atoms with Gasteiger partial charge in [0, 0.05) is 17.7 Å². The highest BCUT2D eigenvalue weighted by Gasteiger charge is 2.36. The van der Waals surface area contributed by atoms with Crippen LogP contribution < -0.4 is 15.2 Å². The summed E-state index contributed by atoms with van der Waals surface area (Å²) in [4.78, 5) is -0.0674. The van der Waals surface area contributed by atoms with Crippen molar-refractivity contribution in [3.8, 4) is 5.75 Å². The first-order valence-corrected chi connectivity index (χ1v) is 9.43. The van der Waals surface area contributed by atoms with Crippen molar-refractivity contribution in [3.63, 3.8) is 0 Å². The molecule has 3 rings (SSSR count). The Labute approximate surface area is 159 Å². The summed E-state index contributed by atoms with van der Waals surface area (Å²) >= 11 is 0. The SMILES string of the molecule is Cc1ccc(F)cc1S(=O)(=O)NC1CC(C)(C)Oc2ccc(N)cc21.Cl. The largest absolute Gasteiger partial charge is 0.487 e. The van der Waals surface area contributed by atoms with E-state index in [0.29, 0.717) is 29.0 Å². The van der Waals surface area contributed by atoms with Gasteiger partial charge in [-0.2, -0.15) is 0 Å². The smallest absolute Gasteiger partial charge is 0.241 e. The van der Waals surface area contributed by atoms with Crippen LogP contribution in [0.2, 0.25) is 0 Å². The fourth-order valence-electron chi connectivity index (χ4n) is 3.09. The first kappa shape index (κ1) is 20.5. The van der Waals surface area contributed by atoms with E-state index in [2.05, 4.69) is 4.72 Å². The van der Waals surface area contributed by atoms with Gasteiger partial charge in [-0.05, 0) is 56.7 Å². The van der Waals surface area contributed by atoms with Crippen molar-refractivity contribution in [2.45, 2.75) is 43.7 Å². The van der Waals surface area contributed by atoms with Gasteiger partial charge < -0.3 is 10.5 Å². The second kappa shape index (κ2) is 7.06. The molecule has 1 unspecified atom stereocenters. The Kier molecular flexibility index (Phi) is 5.56. The number of hydrogen-bond acceptors (Lipinski definition) is 4. The summed E-state index contributed by atoms with van der Waals surface area (Å²) < 4.78 is 47.8. The van der Waals surface area contributed by atoms with E-state index in [9.17, 15) is 12.8 Å². The van der Waals surface area contributed by atoms with Crippen LogP contribution in [0, 0.1) is 12.7 Å². The summed E-state index contributed by atoms with van der Waals surface area (Å²) in [7, 11) is -3.91. The highest BCUT2D eigenvalue weighted by Crippen LogP contribution is 2.41. The molecule has 1 heterocycles. The maximum absolute atomic E-state index is 13.5. The third kappa shape index (κ3) is 4.11. The molecule has 5 nitrogen and oxygen atoms in total. The van der Waals surface area contributed by atoms with E-state index in [4.69, 9.17) is 10.5 Å². The number of fused-ring (bicyclic) bond motifs is 1. The number of aryl methyl sites for hydroxylation is 1. The number of rotatable bonds is 3. The van der Waals surface area contributed by atoms with Gasteiger partial charge in [0.2, 0.25) is 10.0 Å². The summed E-state index contributed by atoms with van der Waals surface area (Å²) in [6, 6.07) is 8.35. The van der Waals surface area contributed by atoms with Crippen LogP contribution in [0.25, 0.3) is 0 Å². The molecule has 26 heavy (non-hydrogen) atoms. The predicted octanol–water partition coefficient (Wildman–Crippen LogP) is 3.72. The van der Waals surface area contributed by atoms with Crippen LogP contribution in [-0.2, 0) is 10.0 Å². The number of anilines is 1. The molecule has 1 atom stereocenters. The Bertz CT molecular complexity index is 932. The second-order valence-corrected chi connectivity index (χ2v) is 8.63. The third-order valence-electron chi connectivity index (χ3n) is 4.23. The number of sulfonamides is 1. The molecule has 8 heteroatoms. The summed E-state index contributed by atoms with van der Waals surface area (Å²) in [5.41, 5.74) is 6.98. The van der Waals surface area contributed by atoms with Gasteiger partial charge in [0.1, 0.15) is 17.2 Å². The number of nitrogens with two attached hydrogens (primary N) is 1. The molecule has 0 aliphatic carbocycles. The van der Waals surface area contributed by atoms with E-state index in [0.717, 1.165) is 6.07 Å². The summed E-state index contributed by atoms with van der Waals surface area (Å²) in [6.07, 6.45) is 0.428. The average molecular weight is 401 g/mol. The van der Waals surface area contributed by atoms with Gasteiger partial charge in [-0.15, -0.1) is 12.4 Å². The quantitative estimate of drug-likeness (QED) is 0.769. The molecule has 1 aliphatic heterocycles. The zero-order valence-electron chi connectivity index (χ0n) is 14.7. The highest BCUT2D eigenvalue weighted by atomic mass is 35.5. The van der Waals surface area contributed by atoms with Crippen molar-refractivity contribution < 1.29 is 17.5 Å². The molecule has 0 saturated carbocycles. The van der Waals surface area contributed by atoms with E-state index < -0.39 is 27.5 Å². The Morgan fingerprint density at radius 2 is 1.92 bits per heavy atom. The predicted molar refractivity (Wildman–Crippen MR) is 102 cm³/mol. The lowest BCUT2D eigenvalue weighted by molar-refractivity contribution is 0.0702. The molecule has 0 amide bonds. The summed E-state index contributed by atoms with van der Waals surface area (Å²) in [5, 5.41) is 0. The van der Waals surface area contributed by atoms with Crippen molar-refractivity contribution in [1.29, 1.82) is 0 Å². The van der Waals surface area contributed by atoms with E-state index in [1.165, 1.54) is 12.1 Å². The fraction of sp³-hybridized carbons (Fsp3) is 0.333. The van der Waals surface area contributed by atoms with Gasteiger partial charge in [0.15, 0.2) is 0 Å². The first-order chi connectivity index (χ1) is 11.6. The Morgan fingerprint density at radius 3 is 2.62 bits per heavy atom. The summed E-state index contributed by atoms with van der Waals surface area (Å²) in [5.74, 6) is -0.00274. The second-order valence-electron chi connectivity index (χ2n) is 6.95. The molecule has 0 fully saturated rings. The number of ether oxygens (including phenoxy) is 1. The van der Waals surface area contributed by atoms with Crippen molar-refractivity contribution in [2.75, 3.05) is 5.73 Å². The van der Waals surface area contributed by atoms with Crippen LogP contribution in [0.5, 0.6) is 5.75 Å². The molecular formula is C18H22ClFN2O3S. The van der Waals surface area contributed by atoms with Crippen LogP contribution in [0.3, 0.4) is 0 Å². The molecular weight excluding hydrogens is 379 g/mol. The number of halogens is 2. The van der Waals surface area contributed by atoms with Crippen LogP contribution >= 0.6 is 12.4 Å². The minimum Gasteiger partial charge on any atom is -0.487 e. The van der Waals surface area contributed by atoms with Crippen LogP contribution in [0.15, 0.2) is 41.3 Å². The Balaban J connectivity index is 0.00000243. The zero-order valence-corrected chi connectivity index (χ0v) is 16.4. The molecule has 2 aromatic carbocycles. The molecule has 0 spiro atoms. The number of nitrogens with one attached hydrogen (secondary N) is 1. The minimum absolute atomic E-state index is 0. The topological polar surface area (TPSA) is 81.4 Å². The molecule has 0 aromatic heterocycles. The zero-order chi connectivity index (χ0) is 18.4. The summed E-state index contributed by atoms with van der Waals surface area (Å²) in [6.45, 7) is 5.41. The third-order valence-corrected chi connectivity index (χ3v) is 5.84. The van der Waals surface area contributed by atoms with E-state index >= 15 is 0 Å². The first-order valence-electron chi connectivity index (χ1n) is 7.94. The normalized spacial score (nSPS) is 18.4. The molecule has 1 aliphatic rings. The van der Waals surface area contributed by atoms with Crippen molar-refractivity contribution in [2.24, 2.45) is 0 Å².